The Morgan fingerprint density at radius 1 is 0.562 bits per heavy atom. The number of nitrogens with one attached hydrogen (secondary N) is 2. The molecule has 0 fully saturated rings. The number of carboxylic acids is 2. The highest BCUT2D eigenvalue weighted by atomic mass is 16.6. The minimum absolute atomic E-state index is 0.0208. The highest BCUT2D eigenvalue weighted by molar-refractivity contribution is 5.86. The van der Waals surface area contributed by atoms with Crippen LogP contribution in [0.3, 0.4) is 0 Å². The van der Waals surface area contributed by atoms with Crippen LogP contribution < -0.4 is 33.6 Å². The fourth-order valence-electron chi connectivity index (χ4n) is 7.56. The Balaban J connectivity index is 2.06. The second kappa shape index (κ2) is 38.3. The number of carboxylic acid groups (broad SMARTS) is 2. The number of hydrogen-bond donors (Lipinski definition) is 12. The third kappa shape index (κ3) is 26.2. The minimum Gasteiger partial charge on any atom is -0.477 e. The van der Waals surface area contributed by atoms with E-state index in [1.54, 1.807) is 0 Å². The lowest BCUT2D eigenvalue weighted by Crippen LogP contribution is -2.61. The van der Waals surface area contributed by atoms with Crippen LogP contribution in [0.5, 0.6) is 0 Å². The SMILES string of the molecule is CCCOCCOCCOCCOCCN(CCOCCN(C)C(=O)O[C@@H]([C@@H]1OC(C(=O)O)=C[C@H](N=C(N)N)[C@H]1NC(C)=O)[C@H](O)CO)CCOCCN(C)C(=O)O[C@@H]([C@@H]1OC(C(=O)O)=C[C@H](N=C(N)N)[C@H]1NC(C)=O)[C@H](O)CO. The molecule has 0 aromatic heterocycles. The number of nitrogens with two attached hydrogens (primary N) is 4. The van der Waals surface area contributed by atoms with E-state index in [1.165, 1.54) is 14.1 Å². The lowest BCUT2D eigenvalue weighted by molar-refractivity contribution is -0.147. The van der Waals surface area contributed by atoms with E-state index in [1.807, 2.05) is 11.8 Å². The van der Waals surface area contributed by atoms with E-state index in [-0.39, 0.29) is 46.1 Å². The number of amides is 4. The molecule has 0 bridgehead atoms. The molecule has 2 aliphatic rings. The van der Waals surface area contributed by atoms with Gasteiger partial charge < -0.3 is 121 Å². The van der Waals surface area contributed by atoms with Gasteiger partial charge in [-0.25, -0.2) is 29.2 Å². The molecular formula is C47H83N11O22. The van der Waals surface area contributed by atoms with Gasteiger partial charge in [0.2, 0.25) is 23.3 Å². The van der Waals surface area contributed by atoms with Crippen molar-refractivity contribution in [1.29, 1.82) is 0 Å². The summed E-state index contributed by atoms with van der Waals surface area (Å²) in [5, 5.41) is 65.9. The molecule has 0 radical (unpaired) electrons. The quantitative estimate of drug-likeness (QED) is 0.0155. The smallest absolute Gasteiger partial charge is 0.410 e. The normalized spacial score (nSPS) is 20.2. The third-order valence-electron chi connectivity index (χ3n) is 11.5. The van der Waals surface area contributed by atoms with E-state index in [9.17, 15) is 59.4 Å². The van der Waals surface area contributed by atoms with Crippen molar-refractivity contribution >= 4 is 47.9 Å². The zero-order valence-corrected chi connectivity index (χ0v) is 45.8. The van der Waals surface area contributed by atoms with Crippen LogP contribution in [0.1, 0.15) is 27.2 Å². The molecule has 16 N–H and O–H groups in total. The zero-order chi connectivity index (χ0) is 59.7. The third-order valence-corrected chi connectivity index (χ3v) is 11.5. The zero-order valence-electron chi connectivity index (χ0n) is 45.8. The van der Waals surface area contributed by atoms with Crippen molar-refractivity contribution in [3.63, 3.8) is 0 Å². The van der Waals surface area contributed by atoms with Gasteiger partial charge in [-0.15, -0.1) is 0 Å². The summed E-state index contributed by atoms with van der Waals surface area (Å²) in [6.07, 6.45) is -9.49. The molecule has 458 valence electrons. The highest BCUT2D eigenvalue weighted by Crippen LogP contribution is 2.28. The number of aliphatic carboxylic acids is 2. The molecule has 33 heteroatoms. The summed E-state index contributed by atoms with van der Waals surface area (Å²) in [5.41, 5.74) is 22.2. The first-order valence-electron chi connectivity index (χ1n) is 25.6. The Kier molecular flexibility index (Phi) is 33.4. The summed E-state index contributed by atoms with van der Waals surface area (Å²) in [5.74, 6) is -6.66. The molecule has 10 atom stereocenters. The van der Waals surface area contributed by atoms with Crippen molar-refractivity contribution in [2.45, 2.75) is 88.0 Å². The van der Waals surface area contributed by atoms with Crippen molar-refractivity contribution in [2.24, 2.45) is 32.9 Å². The van der Waals surface area contributed by atoms with Crippen LogP contribution in [0.4, 0.5) is 9.59 Å². The number of likely N-dealkylation sites (N-methyl/N-ethyl adjacent to an activating group) is 2. The maximum absolute atomic E-state index is 13.4. The van der Waals surface area contributed by atoms with E-state index < -0.39 is 133 Å². The lowest BCUT2D eigenvalue weighted by Gasteiger charge is -2.40. The van der Waals surface area contributed by atoms with Gasteiger partial charge in [0.05, 0.1) is 110 Å². The fourth-order valence-corrected chi connectivity index (χ4v) is 7.56. The number of ether oxygens (including phenoxy) is 10. The largest absolute Gasteiger partial charge is 0.477 e. The Morgan fingerprint density at radius 2 is 0.875 bits per heavy atom. The molecule has 0 saturated carbocycles. The number of hydrogen-bond acceptors (Lipinski definition) is 23. The van der Waals surface area contributed by atoms with Crippen LogP contribution in [-0.2, 0) is 66.5 Å². The van der Waals surface area contributed by atoms with E-state index in [0.29, 0.717) is 65.9 Å². The highest BCUT2D eigenvalue weighted by Gasteiger charge is 2.48. The molecule has 0 aromatic rings. The van der Waals surface area contributed by atoms with Gasteiger partial charge in [0.15, 0.2) is 36.3 Å². The van der Waals surface area contributed by atoms with E-state index in [0.717, 1.165) is 42.2 Å². The summed E-state index contributed by atoms with van der Waals surface area (Å²) in [6.45, 7) is 6.91. The number of aliphatic hydroxyl groups is 4. The van der Waals surface area contributed by atoms with Gasteiger partial charge in [0.25, 0.3) is 0 Å². The predicted molar refractivity (Wildman–Crippen MR) is 279 cm³/mol. The van der Waals surface area contributed by atoms with Gasteiger partial charge in [-0.2, -0.15) is 0 Å². The molecule has 0 aromatic carbocycles. The first kappa shape index (κ1) is 69.7. The van der Waals surface area contributed by atoms with Gasteiger partial charge in [0, 0.05) is 67.3 Å². The Morgan fingerprint density at radius 3 is 1.18 bits per heavy atom. The molecule has 0 spiro atoms. The molecule has 4 amide bonds. The van der Waals surface area contributed by atoms with Crippen LogP contribution in [0.2, 0.25) is 0 Å². The summed E-state index contributed by atoms with van der Waals surface area (Å²) >= 11 is 0. The van der Waals surface area contributed by atoms with Gasteiger partial charge in [-0.1, -0.05) is 6.92 Å². The summed E-state index contributed by atoms with van der Waals surface area (Å²) in [6, 6.07) is -5.05. The number of aliphatic hydroxyl groups excluding tert-OH is 4. The predicted octanol–water partition coefficient (Wildman–Crippen LogP) is -5.59. The lowest BCUT2D eigenvalue weighted by atomic mass is 9.92. The van der Waals surface area contributed by atoms with Crippen molar-refractivity contribution in [3.8, 4) is 0 Å². The molecule has 0 saturated heterocycles. The number of carbonyl (C=O) groups excluding carboxylic acids is 4. The summed E-state index contributed by atoms with van der Waals surface area (Å²) in [7, 11) is 2.71. The number of guanidine groups is 2. The fraction of sp³-hybridized carbons (Fsp3) is 0.745. The van der Waals surface area contributed by atoms with Gasteiger partial charge in [-0.05, 0) is 18.6 Å². The van der Waals surface area contributed by atoms with Crippen molar-refractivity contribution in [2.75, 3.05) is 139 Å². The Hall–Kier alpha value is -6.40. The molecule has 33 nitrogen and oxygen atoms in total. The number of nitrogens with zero attached hydrogens (tertiary/aromatic N) is 5. The molecule has 0 unspecified atom stereocenters. The number of carbonyl (C=O) groups is 6. The molecule has 80 heavy (non-hydrogen) atoms. The van der Waals surface area contributed by atoms with Crippen LogP contribution in [-0.4, -0.2) is 293 Å². The van der Waals surface area contributed by atoms with Crippen LogP contribution in [0, 0.1) is 0 Å². The van der Waals surface area contributed by atoms with E-state index >= 15 is 0 Å². The van der Waals surface area contributed by atoms with Crippen molar-refractivity contribution in [1.82, 2.24) is 25.3 Å². The molecule has 2 heterocycles. The molecule has 0 aliphatic carbocycles. The molecular weight excluding hydrogens is 1070 g/mol. The minimum atomic E-state index is -1.83. The monoisotopic (exact) mass is 1150 g/mol. The van der Waals surface area contributed by atoms with Gasteiger partial charge in [-0.3, -0.25) is 14.5 Å². The van der Waals surface area contributed by atoms with Gasteiger partial charge in [0.1, 0.15) is 12.2 Å². The topological polar surface area (TPSA) is 479 Å². The summed E-state index contributed by atoms with van der Waals surface area (Å²) < 4.78 is 56.2. The van der Waals surface area contributed by atoms with Crippen LogP contribution in [0.25, 0.3) is 0 Å². The van der Waals surface area contributed by atoms with Crippen molar-refractivity contribution in [3.05, 3.63) is 23.7 Å². The number of aliphatic imine (C=N–C) groups is 2. The summed E-state index contributed by atoms with van der Waals surface area (Å²) in [4.78, 5) is 87.2. The second-order valence-electron chi connectivity index (χ2n) is 17.9. The average molecular weight is 1150 g/mol. The van der Waals surface area contributed by atoms with Crippen molar-refractivity contribution < 1.29 is 107 Å². The Labute approximate surface area is 463 Å². The second-order valence-corrected chi connectivity index (χ2v) is 17.9. The molecule has 2 aliphatic heterocycles. The van der Waals surface area contributed by atoms with Crippen LogP contribution in [0.15, 0.2) is 33.7 Å². The first-order chi connectivity index (χ1) is 38.0. The first-order valence-corrected chi connectivity index (χ1v) is 25.6. The van der Waals surface area contributed by atoms with Gasteiger partial charge >= 0.3 is 24.1 Å². The maximum atomic E-state index is 13.4. The van der Waals surface area contributed by atoms with E-state index in [4.69, 9.17) is 70.3 Å². The standard InChI is InChI=1S/C47H83N11O22/c1-6-12-71-18-20-75-22-23-76-21-19-74-17-11-58(9-15-72-13-7-56(4)46(69)79-38(32(63)26-59)40-36(52-28(2)61)30(54-44(48)49)24-34(77-40)42(65)66)10-16-73-14-8-57(5)47(70)80-39(33(64)27-60)41-37(53-29(3)62)31(55-45(50)51)25-35(78-41)43(67)68/h24-25,30-33,36-41,59-60,63-64H,6-23,26-27H2,1-5H3,(H,52,61)(H,53,62)(H,65,66)(H,67,68)(H4,48,49,54)(H4,50,51,55)/t30-,31-,32+,33+,36+,37+,38+,39+,40+,41+/m0/s1. The Bertz CT molecular complexity index is 1910. The van der Waals surface area contributed by atoms with E-state index in [2.05, 4.69) is 20.6 Å². The number of rotatable bonds is 40. The maximum Gasteiger partial charge on any atom is 0.410 e. The van der Waals surface area contributed by atoms with Crippen LogP contribution >= 0.6 is 0 Å². The average Bonchev–Trinajstić information content (AvgIpc) is 3.42. The molecule has 2 rings (SSSR count).